The predicted molar refractivity (Wildman–Crippen MR) is 62.4 cm³/mol. The number of hydrogen-bond acceptors (Lipinski definition) is 2. The van der Waals surface area contributed by atoms with Crippen LogP contribution in [0.5, 0.6) is 5.75 Å². The zero-order valence-corrected chi connectivity index (χ0v) is 10.8. The van der Waals surface area contributed by atoms with Crippen molar-refractivity contribution in [1.82, 2.24) is 0 Å². The van der Waals surface area contributed by atoms with E-state index in [0.29, 0.717) is 5.75 Å². The van der Waals surface area contributed by atoms with Crippen molar-refractivity contribution in [3.8, 4) is 5.75 Å². The maximum atomic E-state index is 12.7. The minimum Gasteiger partial charge on any atom is -0.488 e. The molecule has 1 aromatic carbocycles. The number of rotatable bonds is 2. The van der Waals surface area contributed by atoms with Crippen LogP contribution < -0.4 is 4.74 Å². The number of halogens is 3. The summed E-state index contributed by atoms with van der Waals surface area (Å²) < 4.78 is 43.6. The largest absolute Gasteiger partial charge is 0.488 e. The Labute approximate surface area is 104 Å². The number of aliphatic hydroxyl groups is 1. The smallest absolute Gasteiger partial charge is 0.421 e. The van der Waals surface area contributed by atoms with E-state index >= 15 is 0 Å². The van der Waals surface area contributed by atoms with Crippen LogP contribution in [-0.4, -0.2) is 16.9 Å². The second kappa shape index (κ2) is 4.46. The lowest BCUT2D eigenvalue weighted by Gasteiger charge is -2.28. The Kier molecular flexibility index (Phi) is 3.68. The van der Waals surface area contributed by atoms with Crippen molar-refractivity contribution in [2.45, 2.75) is 45.1 Å². The lowest BCUT2D eigenvalue weighted by molar-refractivity contribution is -0.258. The molecule has 1 N–H and O–H groups in total. The summed E-state index contributed by atoms with van der Waals surface area (Å²) in [6, 6.07) is 5.42. The van der Waals surface area contributed by atoms with Gasteiger partial charge in [-0.25, -0.2) is 0 Å². The molecule has 0 aromatic heterocycles. The first-order valence-electron chi connectivity index (χ1n) is 5.52. The van der Waals surface area contributed by atoms with E-state index < -0.39 is 17.4 Å². The molecule has 1 unspecified atom stereocenters. The lowest BCUT2D eigenvalue weighted by atomic mass is 9.95. The van der Waals surface area contributed by atoms with Crippen LogP contribution in [0.2, 0.25) is 0 Å². The molecule has 5 heteroatoms. The van der Waals surface area contributed by atoms with Crippen molar-refractivity contribution < 1.29 is 23.0 Å². The van der Waals surface area contributed by atoms with Crippen LogP contribution in [0.15, 0.2) is 24.3 Å². The lowest BCUT2D eigenvalue weighted by Crippen LogP contribution is -2.39. The molecule has 0 aliphatic heterocycles. The Morgan fingerprint density at radius 3 is 2.06 bits per heavy atom. The highest BCUT2D eigenvalue weighted by molar-refractivity contribution is 5.33. The summed E-state index contributed by atoms with van der Waals surface area (Å²) in [6.45, 7) is 6.11. The third kappa shape index (κ3) is 3.38. The summed E-state index contributed by atoms with van der Waals surface area (Å²) in [4.78, 5) is 0. The summed E-state index contributed by atoms with van der Waals surface area (Å²) in [5.74, 6) is 0.296. The monoisotopic (exact) mass is 262 g/mol. The van der Waals surface area contributed by atoms with Crippen molar-refractivity contribution in [3.05, 3.63) is 29.8 Å². The van der Waals surface area contributed by atoms with Crippen LogP contribution >= 0.6 is 0 Å². The molecule has 2 nitrogen and oxygen atoms in total. The molecule has 0 fully saturated rings. The van der Waals surface area contributed by atoms with Gasteiger partial charge in [0.05, 0.1) is 0 Å². The third-order valence-corrected chi connectivity index (χ3v) is 2.37. The highest BCUT2D eigenvalue weighted by atomic mass is 19.4. The summed E-state index contributed by atoms with van der Waals surface area (Å²) in [6.07, 6.45) is -4.73. The average Bonchev–Trinajstić information content (AvgIpc) is 2.13. The number of benzene rings is 1. The quantitative estimate of drug-likeness (QED) is 0.881. The van der Waals surface area contributed by atoms with Crippen molar-refractivity contribution in [2.75, 3.05) is 0 Å². The number of alkyl halides is 3. The van der Waals surface area contributed by atoms with Gasteiger partial charge in [-0.2, -0.15) is 13.2 Å². The van der Waals surface area contributed by atoms with E-state index in [4.69, 9.17) is 4.74 Å². The van der Waals surface area contributed by atoms with Crippen LogP contribution in [0.25, 0.3) is 0 Å². The van der Waals surface area contributed by atoms with Gasteiger partial charge < -0.3 is 9.84 Å². The van der Waals surface area contributed by atoms with Crippen LogP contribution in [0, 0.1) is 0 Å². The minimum atomic E-state index is -4.73. The molecule has 0 amide bonds. The molecule has 0 spiro atoms. The minimum absolute atomic E-state index is 0.239. The Hall–Kier alpha value is -1.23. The fourth-order valence-corrected chi connectivity index (χ4v) is 1.38. The third-order valence-electron chi connectivity index (χ3n) is 2.37. The van der Waals surface area contributed by atoms with E-state index in [2.05, 4.69) is 0 Å². The first-order valence-corrected chi connectivity index (χ1v) is 5.52. The topological polar surface area (TPSA) is 29.5 Å². The molecule has 102 valence electrons. The molecule has 0 saturated heterocycles. The van der Waals surface area contributed by atoms with Crippen LogP contribution in [0.3, 0.4) is 0 Å². The molecule has 1 atom stereocenters. The second-order valence-electron chi connectivity index (χ2n) is 5.31. The first-order chi connectivity index (χ1) is 7.93. The van der Waals surface area contributed by atoms with E-state index in [1.54, 1.807) is 26.8 Å². The molecular weight excluding hydrogens is 245 g/mol. The molecule has 18 heavy (non-hydrogen) atoms. The van der Waals surface area contributed by atoms with Gasteiger partial charge in [0, 0.05) is 0 Å². The molecule has 0 radical (unpaired) electrons. The van der Waals surface area contributed by atoms with Gasteiger partial charge in [0.2, 0.25) is 0 Å². The Morgan fingerprint density at radius 2 is 1.61 bits per heavy atom. The molecule has 0 heterocycles. The van der Waals surface area contributed by atoms with Crippen LogP contribution in [0.4, 0.5) is 13.2 Å². The Morgan fingerprint density at radius 1 is 1.06 bits per heavy atom. The van der Waals surface area contributed by atoms with Gasteiger partial charge in [0.1, 0.15) is 11.4 Å². The maximum Gasteiger partial charge on any atom is 0.421 e. The predicted octanol–water partition coefficient (Wildman–Crippen LogP) is 3.63. The molecule has 0 bridgehead atoms. The second-order valence-corrected chi connectivity index (χ2v) is 5.31. The van der Waals surface area contributed by atoms with E-state index in [1.165, 1.54) is 18.2 Å². The van der Waals surface area contributed by atoms with Gasteiger partial charge in [-0.15, -0.1) is 0 Å². The van der Waals surface area contributed by atoms with E-state index in [0.717, 1.165) is 6.92 Å². The summed E-state index contributed by atoms with van der Waals surface area (Å²) in [7, 11) is 0. The molecular formula is C13H17F3O2. The Bertz CT molecular complexity index is 417. The normalized spacial score (nSPS) is 16.2. The van der Waals surface area contributed by atoms with Crippen molar-refractivity contribution >= 4 is 0 Å². The number of hydrogen-bond donors (Lipinski definition) is 1. The van der Waals surface area contributed by atoms with Gasteiger partial charge in [0.15, 0.2) is 5.60 Å². The van der Waals surface area contributed by atoms with Crippen molar-refractivity contribution in [1.29, 1.82) is 0 Å². The fraction of sp³-hybridized carbons (Fsp3) is 0.538. The zero-order valence-electron chi connectivity index (χ0n) is 10.8. The van der Waals surface area contributed by atoms with Gasteiger partial charge in [-0.3, -0.25) is 0 Å². The molecule has 0 aliphatic carbocycles. The van der Waals surface area contributed by atoms with E-state index in [9.17, 15) is 18.3 Å². The van der Waals surface area contributed by atoms with E-state index in [1.807, 2.05) is 0 Å². The SMILES string of the molecule is CC(C)(C)Oc1cccc(C(C)(O)C(F)(F)F)c1. The highest BCUT2D eigenvalue weighted by Crippen LogP contribution is 2.39. The zero-order chi connectivity index (χ0) is 14.2. The molecule has 0 aliphatic rings. The first kappa shape index (κ1) is 14.8. The van der Waals surface area contributed by atoms with Gasteiger partial charge in [-0.05, 0) is 45.4 Å². The Balaban J connectivity index is 3.10. The van der Waals surface area contributed by atoms with Crippen LogP contribution in [0.1, 0.15) is 33.3 Å². The van der Waals surface area contributed by atoms with Crippen LogP contribution in [-0.2, 0) is 5.60 Å². The number of ether oxygens (including phenoxy) is 1. The van der Waals surface area contributed by atoms with E-state index in [-0.39, 0.29) is 5.56 Å². The van der Waals surface area contributed by atoms with Gasteiger partial charge >= 0.3 is 6.18 Å². The van der Waals surface area contributed by atoms with Crippen molar-refractivity contribution in [3.63, 3.8) is 0 Å². The molecule has 1 rings (SSSR count). The fourth-order valence-electron chi connectivity index (χ4n) is 1.38. The maximum absolute atomic E-state index is 12.7. The van der Waals surface area contributed by atoms with Gasteiger partial charge in [-0.1, -0.05) is 12.1 Å². The standard InChI is InChI=1S/C13H17F3O2/c1-11(2,3)18-10-7-5-6-9(8-10)12(4,17)13(14,15)16/h5-8,17H,1-4H3. The average molecular weight is 262 g/mol. The highest BCUT2D eigenvalue weighted by Gasteiger charge is 2.51. The molecule has 0 saturated carbocycles. The summed E-state index contributed by atoms with van der Waals surface area (Å²) in [5, 5.41) is 9.56. The molecule has 1 aromatic rings. The van der Waals surface area contributed by atoms with Gasteiger partial charge in [0.25, 0.3) is 0 Å². The summed E-state index contributed by atoms with van der Waals surface area (Å²) in [5.41, 5.74) is -3.63. The summed E-state index contributed by atoms with van der Waals surface area (Å²) >= 11 is 0. The van der Waals surface area contributed by atoms with Crippen molar-refractivity contribution in [2.24, 2.45) is 0 Å².